The normalized spacial score (nSPS) is 13.2. The number of carbonyl (C=O) groups is 7. The number of hydrogen-bond acceptors (Lipinski definition) is 20. The zero-order valence-corrected chi connectivity index (χ0v) is 72.9. The van der Waals surface area contributed by atoms with Crippen molar-refractivity contribution >= 4 is 116 Å². The molecule has 15 rings (SSSR count). The zero-order valence-electron chi connectivity index (χ0n) is 68.6. The third-order valence-electron chi connectivity index (χ3n) is 18.3. The molecule has 0 spiro atoms. The number of aliphatic hydroxyl groups is 1. The van der Waals surface area contributed by atoms with E-state index in [1.54, 1.807) is 111 Å². The smallest absolute Gasteiger partial charge is 1.00 e. The van der Waals surface area contributed by atoms with E-state index in [0.29, 0.717) is 69.0 Å². The summed E-state index contributed by atoms with van der Waals surface area (Å²) in [5, 5.41) is 40.0. The first-order chi connectivity index (χ1) is 58.0. The number of aryl methyl sites for hydroxylation is 4. The molecule has 13 N–H and O–H groups in total. The first-order valence-corrected chi connectivity index (χ1v) is 39.8. The fourth-order valence-electron chi connectivity index (χ4n) is 11.0. The summed E-state index contributed by atoms with van der Waals surface area (Å²) >= 11 is 2.22. The minimum Gasteiger partial charge on any atom is -1.00 e. The number of carbonyl (C=O) groups excluding carboxylic acids is 7. The van der Waals surface area contributed by atoms with Crippen LogP contribution in [0.2, 0.25) is 0 Å². The van der Waals surface area contributed by atoms with Crippen molar-refractivity contribution in [1.82, 2.24) is 65.6 Å². The van der Waals surface area contributed by atoms with E-state index in [-0.39, 0.29) is 141 Å². The maximum Gasteiger partial charge on any atom is 2.00 e. The third kappa shape index (κ3) is 30.3. The Hall–Kier alpha value is -12.4. The number of amides is 5. The molecule has 5 fully saturated rings. The van der Waals surface area contributed by atoms with Gasteiger partial charge < -0.3 is 67.1 Å². The number of hydrogen-bond donors (Lipinski definition) is 9. The number of pyridine rings is 3. The van der Waals surface area contributed by atoms with Crippen molar-refractivity contribution < 1.29 is 70.4 Å². The summed E-state index contributed by atoms with van der Waals surface area (Å²) in [5.74, 6) is 2.47. The molecule has 0 bridgehead atoms. The van der Waals surface area contributed by atoms with Gasteiger partial charge >= 0.3 is 35.1 Å². The van der Waals surface area contributed by atoms with E-state index in [2.05, 4.69) is 95.0 Å². The number of ketones is 2. The average Bonchev–Trinajstić information content (AvgIpc) is 1.64. The monoisotopic (exact) mass is 1820 g/mol. The summed E-state index contributed by atoms with van der Waals surface area (Å²) < 4.78 is 47.5. The number of nitrogens with zero attached hydrogens (tertiary/aromatic N) is 13. The molecule has 30 nitrogen and oxygen atoms in total. The molecular weight excluding hydrogens is 1730 g/mol. The predicted octanol–water partition coefficient (Wildman–Crippen LogP) is 10.4. The van der Waals surface area contributed by atoms with Crippen LogP contribution in [0.1, 0.15) is 195 Å². The number of aliphatic hydroxyl groups excluding tert-OH is 1. The molecule has 5 amide bonds. The molecule has 640 valence electrons. The van der Waals surface area contributed by atoms with Crippen molar-refractivity contribution in [3.63, 3.8) is 0 Å². The van der Waals surface area contributed by atoms with Crippen molar-refractivity contribution in [2.45, 2.75) is 155 Å². The fraction of sp³-hybridized carbons (Fsp3) is 0.299. The van der Waals surface area contributed by atoms with Crippen molar-refractivity contribution in [3.8, 4) is 23.1 Å². The number of hydrazine groups is 1. The van der Waals surface area contributed by atoms with Gasteiger partial charge in [0.25, 0.3) is 29.3 Å². The summed E-state index contributed by atoms with van der Waals surface area (Å²) in [5.41, 5.74) is 26.6. The van der Waals surface area contributed by atoms with Gasteiger partial charge in [-0.25, -0.2) is 39.8 Å². The van der Waals surface area contributed by atoms with Gasteiger partial charge in [-0.05, 0) is 223 Å². The van der Waals surface area contributed by atoms with Gasteiger partial charge in [0.2, 0.25) is 17.3 Å². The molecule has 0 aliphatic heterocycles. The summed E-state index contributed by atoms with van der Waals surface area (Å²) in [6.45, 7) is 24.9. The number of rotatable bonds is 18. The van der Waals surface area contributed by atoms with E-state index >= 15 is 0 Å². The number of ether oxygens (including phenoxy) is 1. The molecule has 123 heavy (non-hydrogen) atoms. The Bertz CT molecular complexity index is 5240. The van der Waals surface area contributed by atoms with E-state index in [1.807, 2.05) is 57.3 Å². The number of aromatic nitrogens is 9. The number of nitrogen functional groups attached to an aromatic ring is 3. The van der Waals surface area contributed by atoms with E-state index < -0.39 is 18.0 Å². The van der Waals surface area contributed by atoms with Crippen LogP contribution in [0.15, 0.2) is 177 Å². The topological polar surface area (TPSA) is 429 Å². The first kappa shape index (κ1) is 99.4. The molecule has 0 saturated heterocycles. The van der Waals surface area contributed by atoms with Gasteiger partial charge in [-0.3, -0.25) is 48.5 Å². The Morgan fingerprint density at radius 2 is 0.992 bits per heavy atom. The Morgan fingerprint density at radius 3 is 1.28 bits per heavy atom. The summed E-state index contributed by atoms with van der Waals surface area (Å²) in [4.78, 5) is 103. The van der Waals surface area contributed by atoms with Crippen LogP contribution in [-0.2, 0) is 9.53 Å². The van der Waals surface area contributed by atoms with Crippen molar-refractivity contribution in [3.05, 3.63) is 277 Å². The predicted molar refractivity (Wildman–Crippen MR) is 467 cm³/mol. The molecule has 6 aromatic heterocycles. The SMILES string of the molecule is CCO.Cc1ccc(C(=O)NC2CC2)cc1-n1ncc(C(=O)c2ccccn2)c1N.Cc1ccc(C(=O)NC2CC2)cc1-n1ncc(C(=O)c2ccccn2)c1N.Cc1ccc(C(=O)NC2CC2)cc1N(N)C(=O)C(F)(F)F.Ic1cccnc1.[2HH].[C-]#[N+]/C(C#N)=C/OCC.[C-]#[N+]c1cnn(-c2cc(C(=O)NC3CC3)ccc2C)c1N.[CH-]1CCCCC1.[Cl-].[Mg+2]. The molecular formula is C87H96ClF3IMgN21O9. The van der Waals surface area contributed by atoms with Gasteiger partial charge in [-0.2, -0.15) is 41.3 Å². The van der Waals surface area contributed by atoms with E-state index in [0.717, 1.165) is 74.3 Å². The molecule has 5 aliphatic rings. The van der Waals surface area contributed by atoms with Crippen LogP contribution in [0.25, 0.3) is 26.8 Å². The van der Waals surface area contributed by atoms with Gasteiger partial charge in [-0.1, -0.05) is 55.7 Å². The molecule has 10 aromatic rings. The fourth-order valence-corrected chi connectivity index (χ4v) is 11.4. The minimum atomic E-state index is -5.08. The second-order valence-electron chi connectivity index (χ2n) is 28.0. The molecule has 5 aliphatic carbocycles. The van der Waals surface area contributed by atoms with Gasteiger partial charge in [0, 0.05) is 82.8 Å². The van der Waals surface area contributed by atoms with E-state index in [1.165, 1.54) is 93.4 Å². The summed E-state index contributed by atoms with van der Waals surface area (Å²) in [7, 11) is 0. The minimum absolute atomic E-state index is 0. The number of benzene rings is 4. The zero-order chi connectivity index (χ0) is 87.9. The van der Waals surface area contributed by atoms with Gasteiger partial charge in [0.05, 0.1) is 78.3 Å². The molecule has 0 unspecified atom stereocenters. The number of nitrogens with two attached hydrogens (primary N) is 4. The van der Waals surface area contributed by atoms with Gasteiger partial charge in [-0.15, -0.1) is 0 Å². The van der Waals surface area contributed by atoms with Gasteiger partial charge in [0.1, 0.15) is 35.1 Å². The van der Waals surface area contributed by atoms with E-state index in [9.17, 15) is 46.7 Å². The molecule has 0 atom stereocenters. The van der Waals surface area contributed by atoms with E-state index in [4.69, 9.17) is 46.6 Å². The Morgan fingerprint density at radius 1 is 0.602 bits per heavy atom. The summed E-state index contributed by atoms with van der Waals surface area (Å²) in [6.07, 6.45) is 24.5. The molecule has 4 aromatic carbocycles. The average molecular weight is 1820 g/mol. The number of halogens is 5. The quantitative estimate of drug-likeness (QED) is 0.00443. The molecule has 36 heteroatoms. The van der Waals surface area contributed by atoms with Crippen molar-refractivity contribution in [1.29, 1.82) is 5.26 Å². The van der Waals surface area contributed by atoms with Crippen LogP contribution in [-0.4, -0.2) is 157 Å². The molecule has 0 radical (unpaired) electrons. The second kappa shape index (κ2) is 48.9. The maximum atomic E-state index is 12.6. The van der Waals surface area contributed by atoms with Crippen molar-refractivity contribution in [2.75, 3.05) is 35.4 Å². The standard InChI is InChI=1S/2C20H19N5O2.C15H15N5O.C13H14F3N3O2.C6H6N2O.C6H11.C5H4IN.C2H6O.ClH.Mg.H2/c2*1-12-5-6-13(20(27)24-14-7-8-14)10-17(12)25-19(21)15(11-23-25)18(26)16-4-2-3-9-22-16;1-9-3-4-10(15(21)19-11-5-6-11)7-13(9)20-14(16)12(17-2)8-18-20;1-7-2-3-8(11(20)18-9-4-5-9)6-10(7)19(17)12(21)13(14,15)16;1-3-9-5-6(4-7)8-2;1-2-4-6-5-3-1;6-5-2-1-3-7-4-5;1-2-3;;;/h2*2-6,9-11,14H,7-8,21H2,1H3,(H,24,27);3-4,7-8,11H,5-6,16H2,1H3,(H,19,21);2-3,6,9H,4-5,17H2,1H3,(H,18,20);5H,3H2,1H3;1H,2-6H2;1-4H;3H,2H2,1H3;1H;;1H/q;;;;;-1;;;;+2;/p-1/b;;;;6-5+;;;;;;/i;;;;;;;;;;1+1. The molecule has 5 saturated carbocycles. The Balaban J connectivity index is 0.000000267. The number of nitrogens with one attached hydrogen (secondary N) is 4. The largest absolute Gasteiger partial charge is 2.00 e. The first-order valence-electron chi connectivity index (χ1n) is 38.7. The third-order valence-corrected chi connectivity index (χ3v) is 18.9. The molecule has 6 heterocycles. The van der Waals surface area contributed by atoms with Crippen LogP contribution in [0.3, 0.4) is 0 Å². The van der Waals surface area contributed by atoms with Crippen LogP contribution in [0.4, 0.5) is 42.0 Å². The number of alkyl halides is 3. The second-order valence-corrected chi connectivity index (χ2v) is 29.2. The number of allylic oxidation sites excluding steroid dienone is 1. The maximum absolute atomic E-state index is 12.6. The summed E-state index contributed by atoms with van der Waals surface area (Å²) in [6, 6.07) is 37.0. The van der Waals surface area contributed by atoms with Crippen LogP contribution >= 0.6 is 22.6 Å². The Labute approximate surface area is 748 Å². The van der Waals surface area contributed by atoms with Crippen LogP contribution in [0.5, 0.6) is 0 Å². The van der Waals surface area contributed by atoms with Crippen LogP contribution in [0, 0.1) is 62.2 Å². The van der Waals surface area contributed by atoms with Crippen LogP contribution < -0.4 is 61.7 Å². The van der Waals surface area contributed by atoms with Gasteiger partial charge in [0.15, 0.2) is 0 Å². The number of nitriles is 1. The van der Waals surface area contributed by atoms with Crippen molar-refractivity contribution in [2.24, 2.45) is 5.84 Å². The number of anilines is 4. The Kier molecular flexibility index (Phi) is 39.5.